The zero-order valence-corrected chi connectivity index (χ0v) is 10.8. The highest BCUT2D eigenvalue weighted by atomic mass is 35.5. The van der Waals surface area contributed by atoms with E-state index in [2.05, 4.69) is 4.98 Å². The van der Waals surface area contributed by atoms with E-state index in [1.54, 1.807) is 43.8 Å². The molecule has 0 aliphatic carbocycles. The molecule has 2 aromatic rings. The molecule has 0 saturated carbocycles. The molecule has 0 saturated heterocycles. The van der Waals surface area contributed by atoms with Crippen molar-refractivity contribution in [3.8, 4) is 5.75 Å². The van der Waals surface area contributed by atoms with Crippen molar-refractivity contribution in [2.75, 3.05) is 7.11 Å². The van der Waals surface area contributed by atoms with Crippen LogP contribution in [0.25, 0.3) is 0 Å². The fourth-order valence-corrected chi connectivity index (χ4v) is 2.01. The normalized spacial score (nSPS) is 12.2. The maximum absolute atomic E-state index is 10.2. The summed E-state index contributed by atoms with van der Waals surface area (Å²) in [5.41, 5.74) is 1.71. The maximum atomic E-state index is 10.2. The smallest absolute Gasteiger partial charge is 0.122 e. The monoisotopic (exact) mass is 263 g/mol. The van der Waals surface area contributed by atoms with Crippen molar-refractivity contribution in [1.29, 1.82) is 0 Å². The first-order chi connectivity index (χ1) is 8.70. The van der Waals surface area contributed by atoms with Crippen LogP contribution in [0.2, 0.25) is 5.02 Å². The Balaban J connectivity index is 2.21. The van der Waals surface area contributed by atoms with Crippen LogP contribution in [-0.2, 0) is 6.42 Å². The van der Waals surface area contributed by atoms with Crippen molar-refractivity contribution in [1.82, 2.24) is 4.98 Å². The quantitative estimate of drug-likeness (QED) is 0.922. The molecule has 94 valence electrons. The Hall–Kier alpha value is -1.58. The SMILES string of the molecule is COc1ccc(Cl)cc1CC(O)c1ccncc1. The molecule has 1 aromatic carbocycles. The van der Waals surface area contributed by atoms with Crippen LogP contribution in [0.5, 0.6) is 5.75 Å². The summed E-state index contributed by atoms with van der Waals surface area (Å²) in [5, 5.41) is 10.8. The molecule has 0 aliphatic heterocycles. The first kappa shape index (κ1) is 12.9. The lowest BCUT2D eigenvalue weighted by molar-refractivity contribution is 0.177. The number of aliphatic hydroxyl groups is 1. The Bertz CT molecular complexity index is 516. The lowest BCUT2D eigenvalue weighted by Crippen LogP contribution is -2.03. The third-order valence-corrected chi connectivity index (χ3v) is 2.98. The third kappa shape index (κ3) is 3.00. The molecular formula is C14H14ClNO2. The number of halogens is 1. The summed E-state index contributed by atoms with van der Waals surface area (Å²) in [7, 11) is 1.60. The lowest BCUT2D eigenvalue weighted by Gasteiger charge is -2.14. The Labute approximate surface area is 111 Å². The fourth-order valence-electron chi connectivity index (χ4n) is 1.82. The molecule has 1 unspecified atom stereocenters. The van der Waals surface area contributed by atoms with E-state index in [9.17, 15) is 5.11 Å². The van der Waals surface area contributed by atoms with Gasteiger partial charge in [-0.2, -0.15) is 0 Å². The fraction of sp³-hybridized carbons (Fsp3) is 0.214. The number of hydrogen-bond acceptors (Lipinski definition) is 3. The van der Waals surface area contributed by atoms with Crippen LogP contribution in [0.1, 0.15) is 17.2 Å². The number of nitrogens with zero attached hydrogens (tertiary/aromatic N) is 1. The molecule has 0 spiro atoms. The van der Waals surface area contributed by atoms with E-state index in [1.807, 2.05) is 6.07 Å². The minimum atomic E-state index is -0.597. The minimum Gasteiger partial charge on any atom is -0.496 e. The van der Waals surface area contributed by atoms with Crippen LogP contribution in [0.4, 0.5) is 0 Å². The van der Waals surface area contributed by atoms with Crippen molar-refractivity contribution >= 4 is 11.6 Å². The summed E-state index contributed by atoms with van der Waals surface area (Å²) in [5.74, 6) is 0.729. The Kier molecular flexibility index (Phi) is 4.18. The summed E-state index contributed by atoms with van der Waals surface area (Å²) in [6.07, 6.45) is 3.18. The van der Waals surface area contributed by atoms with Crippen molar-refractivity contribution in [3.05, 3.63) is 58.9 Å². The second kappa shape index (κ2) is 5.85. The summed E-state index contributed by atoms with van der Waals surface area (Å²) < 4.78 is 5.25. The van der Waals surface area contributed by atoms with Gasteiger partial charge in [-0.1, -0.05) is 11.6 Å². The molecule has 0 bridgehead atoms. The van der Waals surface area contributed by atoms with Gasteiger partial charge in [0.25, 0.3) is 0 Å². The number of benzene rings is 1. The van der Waals surface area contributed by atoms with Gasteiger partial charge in [-0.15, -0.1) is 0 Å². The number of pyridine rings is 1. The van der Waals surface area contributed by atoms with Gasteiger partial charge in [-0.25, -0.2) is 0 Å². The molecular weight excluding hydrogens is 250 g/mol. The number of hydrogen-bond donors (Lipinski definition) is 1. The van der Waals surface area contributed by atoms with Crippen LogP contribution in [0, 0.1) is 0 Å². The van der Waals surface area contributed by atoms with E-state index in [0.29, 0.717) is 11.4 Å². The average molecular weight is 264 g/mol. The van der Waals surface area contributed by atoms with E-state index < -0.39 is 6.10 Å². The highest BCUT2D eigenvalue weighted by Crippen LogP contribution is 2.27. The van der Waals surface area contributed by atoms with Crippen LogP contribution in [0.3, 0.4) is 0 Å². The molecule has 1 N–H and O–H groups in total. The second-order valence-electron chi connectivity index (χ2n) is 3.96. The van der Waals surface area contributed by atoms with Gasteiger partial charge in [-0.05, 0) is 41.5 Å². The van der Waals surface area contributed by atoms with Gasteiger partial charge in [0.2, 0.25) is 0 Å². The first-order valence-corrected chi connectivity index (χ1v) is 5.99. The van der Waals surface area contributed by atoms with Gasteiger partial charge in [0.15, 0.2) is 0 Å². The van der Waals surface area contributed by atoms with E-state index in [0.717, 1.165) is 16.9 Å². The minimum absolute atomic E-state index is 0.452. The van der Waals surface area contributed by atoms with E-state index in [4.69, 9.17) is 16.3 Å². The molecule has 1 aromatic heterocycles. The van der Waals surface area contributed by atoms with Crippen LogP contribution < -0.4 is 4.74 Å². The highest BCUT2D eigenvalue weighted by molar-refractivity contribution is 6.30. The van der Waals surface area contributed by atoms with Gasteiger partial charge in [0.05, 0.1) is 13.2 Å². The van der Waals surface area contributed by atoms with Gasteiger partial charge in [0.1, 0.15) is 5.75 Å². The molecule has 18 heavy (non-hydrogen) atoms. The predicted octanol–water partition coefficient (Wildman–Crippen LogP) is 3.02. The van der Waals surface area contributed by atoms with Crippen molar-refractivity contribution < 1.29 is 9.84 Å². The summed E-state index contributed by atoms with van der Waals surface area (Å²) in [6.45, 7) is 0. The molecule has 2 rings (SSSR count). The topological polar surface area (TPSA) is 42.4 Å². The largest absolute Gasteiger partial charge is 0.496 e. The standard InChI is InChI=1S/C14H14ClNO2/c1-18-14-3-2-12(15)8-11(14)9-13(17)10-4-6-16-7-5-10/h2-8,13,17H,9H2,1H3. The molecule has 1 heterocycles. The molecule has 0 amide bonds. The Morgan fingerprint density at radius 1 is 1.28 bits per heavy atom. The van der Waals surface area contributed by atoms with Crippen LogP contribution in [0.15, 0.2) is 42.7 Å². The number of ether oxygens (including phenoxy) is 1. The molecule has 0 aliphatic rings. The number of aliphatic hydroxyl groups excluding tert-OH is 1. The summed E-state index contributed by atoms with van der Waals surface area (Å²) in [4.78, 5) is 3.93. The number of methoxy groups -OCH3 is 1. The van der Waals surface area contributed by atoms with Gasteiger partial charge >= 0.3 is 0 Å². The molecule has 3 nitrogen and oxygen atoms in total. The Morgan fingerprint density at radius 2 is 2.00 bits per heavy atom. The highest BCUT2D eigenvalue weighted by Gasteiger charge is 2.12. The molecule has 4 heteroatoms. The van der Waals surface area contributed by atoms with E-state index in [-0.39, 0.29) is 0 Å². The lowest BCUT2D eigenvalue weighted by atomic mass is 10.0. The molecule has 1 atom stereocenters. The van der Waals surface area contributed by atoms with Crippen LogP contribution >= 0.6 is 11.6 Å². The first-order valence-electron chi connectivity index (χ1n) is 5.61. The zero-order valence-electron chi connectivity index (χ0n) is 10.0. The van der Waals surface area contributed by atoms with Gasteiger partial charge < -0.3 is 9.84 Å². The zero-order chi connectivity index (χ0) is 13.0. The van der Waals surface area contributed by atoms with Gasteiger partial charge in [0, 0.05) is 23.8 Å². The summed E-state index contributed by atoms with van der Waals surface area (Å²) >= 11 is 5.96. The number of rotatable bonds is 4. The van der Waals surface area contributed by atoms with Crippen molar-refractivity contribution in [2.24, 2.45) is 0 Å². The van der Waals surface area contributed by atoms with Gasteiger partial charge in [-0.3, -0.25) is 4.98 Å². The maximum Gasteiger partial charge on any atom is 0.122 e. The average Bonchev–Trinajstić information content (AvgIpc) is 2.40. The van der Waals surface area contributed by atoms with Crippen molar-refractivity contribution in [2.45, 2.75) is 12.5 Å². The summed E-state index contributed by atoms with van der Waals surface area (Å²) in [6, 6.07) is 8.97. The third-order valence-electron chi connectivity index (χ3n) is 2.75. The second-order valence-corrected chi connectivity index (χ2v) is 4.39. The molecule has 0 radical (unpaired) electrons. The van der Waals surface area contributed by atoms with Crippen molar-refractivity contribution in [3.63, 3.8) is 0 Å². The number of aromatic nitrogens is 1. The molecule has 0 fully saturated rings. The van der Waals surface area contributed by atoms with Crippen LogP contribution in [-0.4, -0.2) is 17.2 Å². The predicted molar refractivity (Wildman–Crippen MR) is 70.9 cm³/mol. The Morgan fingerprint density at radius 3 is 2.67 bits per heavy atom. The van der Waals surface area contributed by atoms with E-state index >= 15 is 0 Å². The van der Waals surface area contributed by atoms with E-state index in [1.165, 1.54) is 0 Å².